The Bertz CT molecular complexity index is 879. The number of likely N-dealkylation sites (N-methyl/N-ethyl adjacent to an activating group) is 1. The van der Waals surface area contributed by atoms with Crippen molar-refractivity contribution >= 4 is 45.7 Å². The Balaban J connectivity index is 1.68. The van der Waals surface area contributed by atoms with Crippen LogP contribution in [0, 0.1) is 6.92 Å². The number of allylic oxidation sites excluding steroid dienone is 1. The molecule has 3 rings (SSSR count). The van der Waals surface area contributed by atoms with Crippen LogP contribution in [0.15, 0.2) is 15.7 Å². The van der Waals surface area contributed by atoms with Crippen LogP contribution in [0.5, 0.6) is 0 Å². The number of carbonyl (C=O) groups is 2. The number of amides is 1. The minimum atomic E-state index is -0.950. The van der Waals surface area contributed by atoms with E-state index in [2.05, 4.69) is 25.1 Å². The van der Waals surface area contributed by atoms with Crippen LogP contribution in [0.3, 0.4) is 0 Å². The van der Waals surface area contributed by atoms with Gasteiger partial charge in [0, 0.05) is 31.6 Å². The molecule has 3 heterocycles. The molecule has 2 aliphatic heterocycles. The van der Waals surface area contributed by atoms with Gasteiger partial charge in [-0.25, -0.2) is 14.8 Å². The van der Waals surface area contributed by atoms with Crippen molar-refractivity contribution in [2.24, 2.45) is 4.99 Å². The number of halogens is 1. The molecule has 1 aromatic rings. The number of piperidine rings is 1. The number of anilines is 1. The van der Waals surface area contributed by atoms with Crippen molar-refractivity contribution in [1.29, 1.82) is 0 Å². The molecule has 1 fully saturated rings. The fourth-order valence-corrected chi connectivity index (χ4v) is 4.92. The van der Waals surface area contributed by atoms with E-state index in [1.54, 1.807) is 6.92 Å². The van der Waals surface area contributed by atoms with Gasteiger partial charge in [0.05, 0.1) is 5.69 Å². The standard InChI is InChI=1S/C19H26ClN5O3S/c1-5-11-8-13(22-16(11)20)17(26)23-12-6-7-25(9-14(12)24(3)4)19-21-10(2)15(29-19)18(27)28/h12,14H,5-9H2,1-4H3,(H,23,26)(H,27,28)/t12-,14+/m1/s1. The van der Waals surface area contributed by atoms with E-state index < -0.39 is 5.97 Å². The number of carboxylic acids is 1. The molecule has 2 N–H and O–H groups in total. The molecule has 0 unspecified atom stereocenters. The average molecular weight is 440 g/mol. The largest absolute Gasteiger partial charge is 0.477 e. The fourth-order valence-electron chi connectivity index (χ4n) is 3.68. The lowest BCUT2D eigenvalue weighted by Crippen LogP contribution is -2.59. The second kappa shape index (κ2) is 8.81. The highest BCUT2D eigenvalue weighted by Gasteiger charge is 2.34. The molecule has 0 aromatic carbocycles. The highest BCUT2D eigenvalue weighted by atomic mass is 35.5. The van der Waals surface area contributed by atoms with Crippen molar-refractivity contribution in [3.05, 3.63) is 21.3 Å². The van der Waals surface area contributed by atoms with Crippen molar-refractivity contribution in [1.82, 2.24) is 15.2 Å². The van der Waals surface area contributed by atoms with Gasteiger partial charge in [-0.3, -0.25) is 4.79 Å². The van der Waals surface area contributed by atoms with E-state index in [9.17, 15) is 14.7 Å². The first-order valence-electron chi connectivity index (χ1n) is 9.59. The minimum absolute atomic E-state index is 0.0408. The molecule has 1 aromatic heterocycles. The molecule has 2 atom stereocenters. The number of rotatable bonds is 6. The molecule has 8 nitrogen and oxygen atoms in total. The number of nitrogens with one attached hydrogen (secondary N) is 1. The van der Waals surface area contributed by atoms with Crippen molar-refractivity contribution in [2.45, 2.75) is 45.2 Å². The van der Waals surface area contributed by atoms with Crippen LogP contribution in [0.1, 0.15) is 41.6 Å². The molecule has 0 radical (unpaired) electrons. The highest BCUT2D eigenvalue weighted by Crippen LogP contribution is 2.30. The first kappa shape index (κ1) is 21.7. The van der Waals surface area contributed by atoms with E-state index >= 15 is 0 Å². The molecule has 10 heteroatoms. The van der Waals surface area contributed by atoms with Crippen molar-refractivity contribution in [3.8, 4) is 0 Å². The highest BCUT2D eigenvalue weighted by molar-refractivity contribution is 7.17. The fraction of sp³-hybridized carbons (Fsp3) is 0.579. The van der Waals surface area contributed by atoms with Gasteiger partial charge in [0.15, 0.2) is 5.13 Å². The number of carboxylic acid groups (broad SMARTS) is 1. The summed E-state index contributed by atoms with van der Waals surface area (Å²) in [5.74, 6) is -1.12. The summed E-state index contributed by atoms with van der Waals surface area (Å²) in [4.78, 5) is 37.2. The van der Waals surface area contributed by atoms with Gasteiger partial charge in [0.2, 0.25) is 0 Å². The second-order valence-corrected chi connectivity index (χ2v) is 8.88. The van der Waals surface area contributed by atoms with E-state index in [0.29, 0.717) is 41.2 Å². The summed E-state index contributed by atoms with van der Waals surface area (Å²) in [5, 5.41) is 13.6. The van der Waals surface area contributed by atoms with Gasteiger partial charge in [-0.1, -0.05) is 29.9 Å². The zero-order valence-corrected chi connectivity index (χ0v) is 18.6. The van der Waals surface area contributed by atoms with E-state index in [4.69, 9.17) is 11.6 Å². The Morgan fingerprint density at radius 1 is 1.41 bits per heavy atom. The van der Waals surface area contributed by atoms with E-state index in [0.717, 1.165) is 18.4 Å². The Morgan fingerprint density at radius 2 is 2.14 bits per heavy atom. The summed E-state index contributed by atoms with van der Waals surface area (Å²) < 4.78 is 0. The van der Waals surface area contributed by atoms with Crippen LogP contribution < -0.4 is 10.2 Å². The van der Waals surface area contributed by atoms with Gasteiger partial charge < -0.3 is 20.2 Å². The summed E-state index contributed by atoms with van der Waals surface area (Å²) in [6.07, 6.45) is 2.01. The van der Waals surface area contributed by atoms with Gasteiger partial charge in [-0.15, -0.1) is 0 Å². The number of hydrogen-bond acceptors (Lipinski definition) is 7. The number of aliphatic imine (C=N–C) groups is 1. The Kier molecular flexibility index (Phi) is 6.60. The summed E-state index contributed by atoms with van der Waals surface area (Å²) in [6.45, 7) is 5.05. The summed E-state index contributed by atoms with van der Waals surface area (Å²) >= 11 is 7.31. The monoisotopic (exact) mass is 439 g/mol. The number of nitrogens with zero attached hydrogens (tertiary/aromatic N) is 4. The van der Waals surface area contributed by atoms with Crippen LogP contribution >= 0.6 is 22.9 Å². The normalized spacial score (nSPS) is 22.3. The van der Waals surface area contributed by atoms with Crippen molar-refractivity contribution in [2.75, 3.05) is 32.1 Å². The minimum Gasteiger partial charge on any atom is -0.477 e. The van der Waals surface area contributed by atoms with Crippen LogP contribution in [0.2, 0.25) is 0 Å². The van der Waals surface area contributed by atoms with Gasteiger partial charge in [-0.05, 0) is 39.4 Å². The van der Waals surface area contributed by atoms with Crippen molar-refractivity contribution in [3.63, 3.8) is 0 Å². The van der Waals surface area contributed by atoms with Crippen LogP contribution in [-0.2, 0) is 4.79 Å². The number of aromatic nitrogens is 1. The lowest BCUT2D eigenvalue weighted by molar-refractivity contribution is -0.116. The average Bonchev–Trinajstić information content (AvgIpc) is 3.24. The number of carbonyl (C=O) groups excluding carboxylic acids is 1. The van der Waals surface area contributed by atoms with Gasteiger partial charge in [0.25, 0.3) is 5.91 Å². The SMILES string of the molecule is CCC1=C(Cl)N=C(C(=O)N[C@@H]2CCN(c3nc(C)c(C(=O)O)s3)C[C@@H]2N(C)C)C1. The molecular weight excluding hydrogens is 414 g/mol. The molecule has 29 heavy (non-hydrogen) atoms. The predicted octanol–water partition coefficient (Wildman–Crippen LogP) is 2.48. The Hall–Kier alpha value is -1.97. The first-order chi connectivity index (χ1) is 13.7. The van der Waals surface area contributed by atoms with Crippen LogP contribution in [0.25, 0.3) is 0 Å². The lowest BCUT2D eigenvalue weighted by Gasteiger charge is -2.41. The lowest BCUT2D eigenvalue weighted by atomic mass is 9.98. The third-order valence-corrected chi connectivity index (χ3v) is 6.96. The summed E-state index contributed by atoms with van der Waals surface area (Å²) in [5.41, 5.74) is 1.99. The molecule has 1 amide bonds. The zero-order chi connectivity index (χ0) is 21.3. The predicted molar refractivity (Wildman–Crippen MR) is 115 cm³/mol. The van der Waals surface area contributed by atoms with Gasteiger partial charge >= 0.3 is 5.97 Å². The third kappa shape index (κ3) is 4.62. The maximum absolute atomic E-state index is 12.7. The molecule has 0 saturated carbocycles. The number of thiazole rings is 1. The van der Waals surface area contributed by atoms with Crippen LogP contribution in [0.4, 0.5) is 5.13 Å². The van der Waals surface area contributed by atoms with Crippen molar-refractivity contribution < 1.29 is 14.7 Å². The topological polar surface area (TPSA) is 98.1 Å². The molecule has 0 aliphatic carbocycles. The van der Waals surface area contributed by atoms with E-state index in [1.165, 1.54) is 11.3 Å². The summed E-state index contributed by atoms with van der Waals surface area (Å²) in [7, 11) is 3.95. The number of hydrogen-bond donors (Lipinski definition) is 2. The molecule has 0 bridgehead atoms. The second-order valence-electron chi connectivity index (χ2n) is 7.54. The summed E-state index contributed by atoms with van der Waals surface area (Å²) in [6, 6.07) is 0.0159. The quantitative estimate of drug-likeness (QED) is 0.661. The van der Waals surface area contributed by atoms with Gasteiger partial charge in [-0.2, -0.15) is 0 Å². The molecule has 1 saturated heterocycles. The number of aromatic carboxylic acids is 1. The van der Waals surface area contributed by atoms with E-state index in [1.807, 2.05) is 21.0 Å². The Labute approximate surface area is 179 Å². The van der Waals surface area contributed by atoms with Gasteiger partial charge in [0.1, 0.15) is 15.7 Å². The Morgan fingerprint density at radius 3 is 2.69 bits per heavy atom. The smallest absolute Gasteiger partial charge is 0.347 e. The molecule has 0 spiro atoms. The third-order valence-electron chi connectivity index (χ3n) is 5.41. The maximum atomic E-state index is 12.7. The van der Waals surface area contributed by atoms with Crippen LogP contribution in [-0.4, -0.2) is 71.8 Å². The molecule has 2 aliphatic rings. The molecular formula is C19H26ClN5O3S. The zero-order valence-electron chi connectivity index (χ0n) is 17.0. The molecule has 158 valence electrons. The maximum Gasteiger partial charge on any atom is 0.347 e. The first-order valence-corrected chi connectivity index (χ1v) is 10.8. The number of aryl methyl sites for hydroxylation is 1. The van der Waals surface area contributed by atoms with E-state index in [-0.39, 0.29) is 22.9 Å².